The summed E-state index contributed by atoms with van der Waals surface area (Å²) in [6.45, 7) is 3.21. The molecule has 2 heteroatoms. The van der Waals surface area contributed by atoms with E-state index in [1.807, 2.05) is 0 Å². The SMILES string of the molecule is C[C@]1(CC#N)CC[C@@H](NCc2ccccc2)CC1. The Morgan fingerprint density at radius 2 is 1.94 bits per heavy atom. The monoisotopic (exact) mass is 242 g/mol. The normalized spacial score (nSPS) is 27.7. The number of nitrogens with one attached hydrogen (secondary N) is 1. The fourth-order valence-corrected chi connectivity index (χ4v) is 2.74. The first-order chi connectivity index (χ1) is 8.72. The van der Waals surface area contributed by atoms with Crippen molar-refractivity contribution in [1.82, 2.24) is 5.32 Å². The van der Waals surface area contributed by atoms with Crippen LogP contribution in [0.25, 0.3) is 0 Å². The summed E-state index contributed by atoms with van der Waals surface area (Å²) in [4.78, 5) is 0. The molecule has 1 aromatic carbocycles. The topological polar surface area (TPSA) is 35.8 Å². The van der Waals surface area contributed by atoms with Crippen LogP contribution in [0, 0.1) is 16.7 Å². The molecule has 1 fully saturated rings. The molecule has 18 heavy (non-hydrogen) atoms. The molecule has 96 valence electrons. The van der Waals surface area contributed by atoms with Gasteiger partial charge in [0.15, 0.2) is 0 Å². The quantitative estimate of drug-likeness (QED) is 0.875. The van der Waals surface area contributed by atoms with E-state index in [0.717, 1.165) is 6.54 Å². The molecule has 0 unspecified atom stereocenters. The molecule has 2 rings (SSSR count). The molecular weight excluding hydrogens is 220 g/mol. The van der Waals surface area contributed by atoms with Gasteiger partial charge in [-0.25, -0.2) is 0 Å². The molecule has 0 amide bonds. The Morgan fingerprint density at radius 1 is 1.28 bits per heavy atom. The Kier molecular flexibility index (Phi) is 4.38. The minimum Gasteiger partial charge on any atom is -0.310 e. The summed E-state index contributed by atoms with van der Waals surface area (Å²) in [5.41, 5.74) is 1.61. The molecule has 0 aliphatic heterocycles. The smallest absolute Gasteiger partial charge is 0.0627 e. The largest absolute Gasteiger partial charge is 0.310 e. The van der Waals surface area contributed by atoms with Crippen molar-refractivity contribution in [3.05, 3.63) is 35.9 Å². The van der Waals surface area contributed by atoms with Crippen molar-refractivity contribution in [2.24, 2.45) is 5.41 Å². The summed E-state index contributed by atoms with van der Waals surface area (Å²) in [7, 11) is 0. The lowest BCUT2D eigenvalue weighted by Crippen LogP contribution is -2.36. The highest BCUT2D eigenvalue weighted by Crippen LogP contribution is 2.38. The predicted octanol–water partition coefficient (Wildman–Crippen LogP) is 3.64. The molecule has 0 bridgehead atoms. The summed E-state index contributed by atoms with van der Waals surface area (Å²) in [6, 6.07) is 13.5. The van der Waals surface area contributed by atoms with Crippen LogP contribution in [0.15, 0.2) is 30.3 Å². The molecule has 0 aromatic heterocycles. The molecule has 1 aliphatic carbocycles. The lowest BCUT2D eigenvalue weighted by molar-refractivity contribution is 0.188. The third kappa shape index (κ3) is 3.58. The van der Waals surface area contributed by atoms with Crippen LogP contribution in [0.2, 0.25) is 0 Å². The van der Waals surface area contributed by atoms with E-state index in [4.69, 9.17) is 5.26 Å². The van der Waals surface area contributed by atoms with Crippen molar-refractivity contribution in [3.8, 4) is 6.07 Å². The van der Waals surface area contributed by atoms with E-state index < -0.39 is 0 Å². The molecule has 0 spiro atoms. The number of hydrogen-bond acceptors (Lipinski definition) is 2. The van der Waals surface area contributed by atoms with Gasteiger partial charge in [0.25, 0.3) is 0 Å². The van der Waals surface area contributed by atoms with E-state index >= 15 is 0 Å². The number of nitrogens with zero attached hydrogens (tertiary/aromatic N) is 1. The second-order valence-electron chi connectivity index (χ2n) is 5.79. The average Bonchev–Trinajstić information content (AvgIpc) is 2.40. The van der Waals surface area contributed by atoms with Crippen molar-refractivity contribution < 1.29 is 0 Å². The van der Waals surface area contributed by atoms with Gasteiger partial charge in [0.05, 0.1) is 6.07 Å². The number of nitriles is 1. The van der Waals surface area contributed by atoms with Crippen molar-refractivity contribution in [2.45, 2.75) is 51.6 Å². The molecule has 1 saturated carbocycles. The minimum atomic E-state index is 0.264. The van der Waals surface area contributed by atoms with Gasteiger partial charge in [0.2, 0.25) is 0 Å². The zero-order valence-electron chi connectivity index (χ0n) is 11.2. The van der Waals surface area contributed by atoms with Crippen LogP contribution >= 0.6 is 0 Å². The summed E-state index contributed by atoms with van der Waals surface area (Å²) >= 11 is 0. The highest BCUT2D eigenvalue weighted by Gasteiger charge is 2.30. The average molecular weight is 242 g/mol. The Hall–Kier alpha value is -1.33. The molecule has 2 nitrogen and oxygen atoms in total. The van der Waals surface area contributed by atoms with E-state index in [1.54, 1.807) is 0 Å². The first kappa shape index (κ1) is 13.1. The lowest BCUT2D eigenvalue weighted by Gasteiger charge is -2.36. The first-order valence-corrected chi connectivity index (χ1v) is 6.86. The van der Waals surface area contributed by atoms with Crippen molar-refractivity contribution in [2.75, 3.05) is 0 Å². The van der Waals surface area contributed by atoms with E-state index in [2.05, 4.69) is 48.6 Å². The van der Waals surface area contributed by atoms with Crippen LogP contribution in [0.4, 0.5) is 0 Å². The Morgan fingerprint density at radius 3 is 2.56 bits per heavy atom. The third-order valence-electron chi connectivity index (χ3n) is 4.14. The third-order valence-corrected chi connectivity index (χ3v) is 4.14. The molecule has 0 radical (unpaired) electrons. The fraction of sp³-hybridized carbons (Fsp3) is 0.562. The second kappa shape index (κ2) is 6.02. The van der Waals surface area contributed by atoms with Crippen LogP contribution < -0.4 is 5.32 Å². The van der Waals surface area contributed by atoms with Crippen LogP contribution in [-0.4, -0.2) is 6.04 Å². The van der Waals surface area contributed by atoms with Crippen LogP contribution in [-0.2, 0) is 6.54 Å². The molecular formula is C16H22N2. The Balaban J connectivity index is 1.76. The number of benzene rings is 1. The van der Waals surface area contributed by atoms with Gasteiger partial charge in [-0.1, -0.05) is 37.3 Å². The van der Waals surface area contributed by atoms with Gasteiger partial charge < -0.3 is 5.32 Å². The minimum absolute atomic E-state index is 0.264. The van der Waals surface area contributed by atoms with Crippen molar-refractivity contribution in [3.63, 3.8) is 0 Å². The van der Waals surface area contributed by atoms with Gasteiger partial charge in [-0.2, -0.15) is 5.26 Å². The van der Waals surface area contributed by atoms with E-state index in [9.17, 15) is 0 Å². The molecule has 1 aliphatic rings. The highest BCUT2D eigenvalue weighted by atomic mass is 14.9. The fourth-order valence-electron chi connectivity index (χ4n) is 2.74. The maximum Gasteiger partial charge on any atom is 0.0627 e. The van der Waals surface area contributed by atoms with Gasteiger partial charge in [0.1, 0.15) is 0 Å². The van der Waals surface area contributed by atoms with Gasteiger partial charge in [-0.15, -0.1) is 0 Å². The molecule has 1 aromatic rings. The summed E-state index contributed by atoms with van der Waals surface area (Å²) in [6.07, 6.45) is 5.45. The zero-order valence-corrected chi connectivity index (χ0v) is 11.2. The maximum atomic E-state index is 8.84. The van der Waals surface area contributed by atoms with Crippen molar-refractivity contribution >= 4 is 0 Å². The van der Waals surface area contributed by atoms with Gasteiger partial charge in [-0.3, -0.25) is 0 Å². The van der Waals surface area contributed by atoms with Gasteiger partial charge >= 0.3 is 0 Å². The first-order valence-electron chi connectivity index (χ1n) is 6.86. The zero-order chi connectivity index (χ0) is 12.8. The summed E-state index contributed by atoms with van der Waals surface area (Å²) in [5, 5.41) is 12.5. The number of rotatable bonds is 4. The Bertz CT molecular complexity index is 397. The molecule has 0 saturated heterocycles. The standard InChI is InChI=1S/C16H22N2/c1-16(11-12-17)9-7-15(8-10-16)18-13-14-5-3-2-4-6-14/h2-6,15,18H,7-11,13H2,1H3/t15-,16+. The van der Waals surface area contributed by atoms with Crippen LogP contribution in [0.1, 0.15) is 44.6 Å². The lowest BCUT2D eigenvalue weighted by atomic mass is 9.72. The summed E-state index contributed by atoms with van der Waals surface area (Å²) < 4.78 is 0. The predicted molar refractivity (Wildman–Crippen MR) is 73.9 cm³/mol. The highest BCUT2D eigenvalue weighted by molar-refractivity contribution is 5.14. The molecule has 0 atom stereocenters. The van der Waals surface area contributed by atoms with Gasteiger partial charge in [-0.05, 0) is 36.7 Å². The number of hydrogen-bond donors (Lipinski definition) is 1. The van der Waals surface area contributed by atoms with Crippen LogP contribution in [0.3, 0.4) is 0 Å². The van der Waals surface area contributed by atoms with Crippen molar-refractivity contribution in [1.29, 1.82) is 5.26 Å². The maximum absolute atomic E-state index is 8.84. The molecule has 0 heterocycles. The summed E-state index contributed by atoms with van der Waals surface area (Å²) in [5.74, 6) is 0. The van der Waals surface area contributed by atoms with E-state index in [0.29, 0.717) is 12.5 Å². The van der Waals surface area contributed by atoms with Crippen LogP contribution in [0.5, 0.6) is 0 Å². The van der Waals surface area contributed by atoms with E-state index in [-0.39, 0.29) is 5.41 Å². The van der Waals surface area contributed by atoms with Gasteiger partial charge in [0, 0.05) is 19.0 Å². The second-order valence-corrected chi connectivity index (χ2v) is 5.79. The van der Waals surface area contributed by atoms with E-state index in [1.165, 1.54) is 31.2 Å². The Labute approximate surface area is 110 Å². The molecule has 1 N–H and O–H groups in total.